The number of anilines is 1. The molecule has 0 unspecified atom stereocenters. The van der Waals surface area contributed by atoms with Crippen molar-refractivity contribution >= 4 is 21.4 Å². The average molecular weight is 333 g/mol. The van der Waals surface area contributed by atoms with Gasteiger partial charge in [0.25, 0.3) is 5.91 Å². The van der Waals surface area contributed by atoms with Gasteiger partial charge in [-0.3, -0.25) is 4.79 Å². The summed E-state index contributed by atoms with van der Waals surface area (Å²) in [5, 5.41) is 2.75. The van der Waals surface area contributed by atoms with Gasteiger partial charge in [-0.15, -0.1) is 0 Å². The van der Waals surface area contributed by atoms with Gasteiger partial charge in [0.2, 0.25) is 0 Å². The lowest BCUT2D eigenvalue weighted by atomic mass is 10.1. The summed E-state index contributed by atoms with van der Waals surface area (Å²) < 4.78 is 28.6. The van der Waals surface area contributed by atoms with Gasteiger partial charge in [-0.25, -0.2) is 8.42 Å². The standard InChI is InChI=1S/C17H19NO4S/c1-3-23(20,21)16-9-7-15(8-10-16)18-17(19)14-6-4-5-13(11-14)12-22-2/h4-11H,3,12H2,1-2H3,(H,18,19). The molecule has 0 spiro atoms. The summed E-state index contributed by atoms with van der Waals surface area (Å²) in [6.45, 7) is 2.03. The van der Waals surface area contributed by atoms with Crippen LogP contribution in [0.25, 0.3) is 0 Å². The van der Waals surface area contributed by atoms with Gasteiger partial charge in [-0.1, -0.05) is 19.1 Å². The average Bonchev–Trinajstić information content (AvgIpc) is 2.56. The number of benzene rings is 2. The van der Waals surface area contributed by atoms with E-state index in [1.54, 1.807) is 44.4 Å². The van der Waals surface area contributed by atoms with Crippen molar-refractivity contribution in [3.63, 3.8) is 0 Å². The van der Waals surface area contributed by atoms with Crippen LogP contribution >= 0.6 is 0 Å². The Morgan fingerprint density at radius 3 is 2.43 bits per heavy atom. The molecule has 0 aliphatic rings. The maximum atomic E-state index is 12.2. The molecular formula is C17H19NO4S. The predicted octanol–water partition coefficient (Wildman–Crippen LogP) is 2.88. The van der Waals surface area contributed by atoms with E-state index in [0.29, 0.717) is 17.9 Å². The molecule has 0 saturated carbocycles. The number of carbonyl (C=O) groups is 1. The van der Waals surface area contributed by atoms with Crippen LogP contribution in [0, 0.1) is 0 Å². The van der Waals surface area contributed by atoms with E-state index >= 15 is 0 Å². The Morgan fingerprint density at radius 1 is 1.13 bits per heavy atom. The molecule has 0 aliphatic carbocycles. The van der Waals surface area contributed by atoms with Crippen molar-refractivity contribution in [2.24, 2.45) is 0 Å². The lowest BCUT2D eigenvalue weighted by Crippen LogP contribution is -2.12. The van der Waals surface area contributed by atoms with Crippen LogP contribution in [0.5, 0.6) is 0 Å². The third kappa shape index (κ3) is 4.40. The number of methoxy groups -OCH3 is 1. The molecule has 1 amide bonds. The van der Waals surface area contributed by atoms with E-state index in [-0.39, 0.29) is 16.6 Å². The second-order valence-corrected chi connectivity index (χ2v) is 7.29. The van der Waals surface area contributed by atoms with Crippen molar-refractivity contribution < 1.29 is 17.9 Å². The Bertz CT molecular complexity index is 782. The number of hydrogen-bond acceptors (Lipinski definition) is 4. The number of carbonyl (C=O) groups excluding carboxylic acids is 1. The molecule has 0 fully saturated rings. The zero-order chi connectivity index (χ0) is 16.9. The van der Waals surface area contributed by atoms with Gasteiger partial charge in [0.05, 0.1) is 17.3 Å². The highest BCUT2D eigenvalue weighted by Gasteiger charge is 2.12. The summed E-state index contributed by atoms with van der Waals surface area (Å²) in [6, 6.07) is 13.3. The predicted molar refractivity (Wildman–Crippen MR) is 89.3 cm³/mol. The van der Waals surface area contributed by atoms with E-state index in [0.717, 1.165) is 5.56 Å². The maximum absolute atomic E-state index is 12.2. The maximum Gasteiger partial charge on any atom is 0.255 e. The van der Waals surface area contributed by atoms with Gasteiger partial charge in [-0.05, 0) is 42.0 Å². The minimum Gasteiger partial charge on any atom is -0.380 e. The van der Waals surface area contributed by atoms with Crippen molar-refractivity contribution in [3.05, 3.63) is 59.7 Å². The fraction of sp³-hybridized carbons (Fsp3) is 0.235. The van der Waals surface area contributed by atoms with E-state index in [9.17, 15) is 13.2 Å². The SMILES string of the molecule is CCS(=O)(=O)c1ccc(NC(=O)c2cccc(COC)c2)cc1. The molecule has 2 aromatic rings. The summed E-state index contributed by atoms with van der Waals surface area (Å²) in [5.41, 5.74) is 1.97. The third-order valence-electron chi connectivity index (χ3n) is 3.35. The largest absolute Gasteiger partial charge is 0.380 e. The number of ether oxygens (including phenoxy) is 1. The van der Waals surface area contributed by atoms with E-state index in [2.05, 4.69) is 5.32 Å². The highest BCUT2D eigenvalue weighted by atomic mass is 32.2. The lowest BCUT2D eigenvalue weighted by molar-refractivity contribution is 0.102. The van der Waals surface area contributed by atoms with E-state index in [4.69, 9.17) is 4.74 Å². The Balaban J connectivity index is 2.13. The Hall–Kier alpha value is -2.18. The number of amides is 1. The van der Waals surface area contributed by atoms with E-state index < -0.39 is 9.84 Å². The minimum absolute atomic E-state index is 0.0466. The highest BCUT2D eigenvalue weighted by molar-refractivity contribution is 7.91. The van der Waals surface area contributed by atoms with Gasteiger partial charge in [0.15, 0.2) is 9.84 Å². The first-order valence-electron chi connectivity index (χ1n) is 7.18. The van der Waals surface area contributed by atoms with Crippen LogP contribution in [0.4, 0.5) is 5.69 Å². The van der Waals surface area contributed by atoms with Crippen LogP contribution in [-0.4, -0.2) is 27.2 Å². The quantitative estimate of drug-likeness (QED) is 0.882. The minimum atomic E-state index is -3.23. The summed E-state index contributed by atoms with van der Waals surface area (Å²) >= 11 is 0. The molecule has 0 bridgehead atoms. The summed E-state index contributed by atoms with van der Waals surface area (Å²) in [5.74, 6) is -0.209. The zero-order valence-corrected chi connectivity index (χ0v) is 13.9. The van der Waals surface area contributed by atoms with Crippen molar-refractivity contribution in [1.82, 2.24) is 0 Å². The molecule has 6 heteroatoms. The Kier molecular flexibility index (Phi) is 5.52. The van der Waals surface area contributed by atoms with E-state index in [1.165, 1.54) is 12.1 Å². The Morgan fingerprint density at radius 2 is 1.83 bits per heavy atom. The molecule has 0 radical (unpaired) electrons. The van der Waals surface area contributed by atoms with Gasteiger partial charge < -0.3 is 10.1 Å². The van der Waals surface area contributed by atoms with Crippen molar-refractivity contribution in [3.8, 4) is 0 Å². The molecule has 0 aromatic heterocycles. The van der Waals surface area contributed by atoms with Crippen LogP contribution < -0.4 is 5.32 Å². The first-order chi connectivity index (χ1) is 11.0. The normalized spacial score (nSPS) is 11.2. The molecule has 23 heavy (non-hydrogen) atoms. The number of hydrogen-bond donors (Lipinski definition) is 1. The Labute approximate surface area is 136 Å². The fourth-order valence-corrected chi connectivity index (χ4v) is 2.97. The van der Waals surface area contributed by atoms with Crippen molar-refractivity contribution in [2.75, 3.05) is 18.2 Å². The molecule has 5 nitrogen and oxygen atoms in total. The van der Waals surface area contributed by atoms with Gasteiger partial charge in [0.1, 0.15) is 0 Å². The highest BCUT2D eigenvalue weighted by Crippen LogP contribution is 2.16. The monoisotopic (exact) mass is 333 g/mol. The molecule has 2 aromatic carbocycles. The molecule has 0 saturated heterocycles. The first kappa shape index (κ1) is 17.2. The molecule has 1 N–H and O–H groups in total. The number of nitrogens with one attached hydrogen (secondary N) is 1. The summed E-state index contributed by atoms with van der Waals surface area (Å²) in [4.78, 5) is 12.5. The molecule has 0 atom stereocenters. The van der Waals surface area contributed by atoms with Crippen LogP contribution in [0.1, 0.15) is 22.8 Å². The van der Waals surface area contributed by atoms with Gasteiger partial charge in [0, 0.05) is 18.4 Å². The summed E-state index contributed by atoms with van der Waals surface area (Å²) in [6.07, 6.45) is 0. The zero-order valence-electron chi connectivity index (χ0n) is 13.1. The number of sulfone groups is 1. The topological polar surface area (TPSA) is 72.5 Å². The smallest absolute Gasteiger partial charge is 0.255 e. The molecular weight excluding hydrogens is 314 g/mol. The third-order valence-corrected chi connectivity index (χ3v) is 5.10. The molecule has 0 aliphatic heterocycles. The van der Waals surface area contributed by atoms with Crippen LogP contribution in [0.2, 0.25) is 0 Å². The number of rotatable bonds is 6. The lowest BCUT2D eigenvalue weighted by Gasteiger charge is -2.08. The molecule has 0 heterocycles. The second kappa shape index (κ2) is 7.39. The van der Waals surface area contributed by atoms with Crippen molar-refractivity contribution in [1.29, 1.82) is 0 Å². The van der Waals surface area contributed by atoms with Gasteiger partial charge in [-0.2, -0.15) is 0 Å². The fourth-order valence-electron chi connectivity index (χ4n) is 2.08. The van der Waals surface area contributed by atoms with E-state index in [1.807, 2.05) is 6.07 Å². The molecule has 2 rings (SSSR count). The van der Waals surface area contributed by atoms with Crippen LogP contribution in [0.3, 0.4) is 0 Å². The van der Waals surface area contributed by atoms with Crippen LogP contribution in [0.15, 0.2) is 53.4 Å². The second-order valence-electron chi connectivity index (χ2n) is 5.02. The summed E-state index contributed by atoms with van der Waals surface area (Å²) in [7, 11) is -1.64. The van der Waals surface area contributed by atoms with Crippen molar-refractivity contribution in [2.45, 2.75) is 18.4 Å². The van der Waals surface area contributed by atoms with Crippen LogP contribution in [-0.2, 0) is 21.2 Å². The molecule has 122 valence electrons. The first-order valence-corrected chi connectivity index (χ1v) is 8.83. The van der Waals surface area contributed by atoms with Gasteiger partial charge >= 0.3 is 0 Å².